The molecule has 1 unspecified atom stereocenters. The SMILES string of the molecule is O=C(O)C1(c2ccc(C(O)C(F)(F)F)cc2)CCCCC1. The molecule has 1 fully saturated rings. The van der Waals surface area contributed by atoms with Gasteiger partial charge in [0, 0.05) is 0 Å². The normalized spacial score (nSPS) is 20.0. The molecule has 116 valence electrons. The Kier molecular flexibility index (Phi) is 4.27. The summed E-state index contributed by atoms with van der Waals surface area (Å²) < 4.78 is 37.3. The maximum absolute atomic E-state index is 12.4. The van der Waals surface area contributed by atoms with Crippen molar-refractivity contribution < 1.29 is 28.2 Å². The van der Waals surface area contributed by atoms with E-state index >= 15 is 0 Å². The van der Waals surface area contributed by atoms with E-state index < -0.39 is 23.7 Å². The Morgan fingerprint density at radius 2 is 1.62 bits per heavy atom. The topological polar surface area (TPSA) is 57.5 Å². The van der Waals surface area contributed by atoms with E-state index in [-0.39, 0.29) is 5.56 Å². The zero-order chi connectivity index (χ0) is 15.7. The summed E-state index contributed by atoms with van der Waals surface area (Å²) >= 11 is 0. The number of aliphatic hydroxyl groups excluding tert-OH is 1. The molecular formula is C15H17F3O3. The fraction of sp³-hybridized carbons (Fsp3) is 0.533. The fourth-order valence-corrected chi connectivity index (χ4v) is 2.95. The van der Waals surface area contributed by atoms with Crippen LogP contribution in [-0.4, -0.2) is 22.4 Å². The minimum absolute atomic E-state index is 0.275. The van der Waals surface area contributed by atoms with E-state index in [1.54, 1.807) is 0 Å². The van der Waals surface area contributed by atoms with Crippen LogP contribution in [0.4, 0.5) is 13.2 Å². The number of carbonyl (C=O) groups is 1. The van der Waals surface area contributed by atoms with Crippen LogP contribution < -0.4 is 0 Å². The van der Waals surface area contributed by atoms with E-state index in [4.69, 9.17) is 0 Å². The van der Waals surface area contributed by atoms with Gasteiger partial charge in [-0.2, -0.15) is 13.2 Å². The number of aliphatic hydroxyl groups is 1. The molecule has 2 rings (SSSR count). The Morgan fingerprint density at radius 1 is 1.10 bits per heavy atom. The van der Waals surface area contributed by atoms with Crippen LogP contribution in [0.25, 0.3) is 0 Å². The standard InChI is InChI=1S/C15H17F3O3/c16-15(17,18)12(19)10-4-6-11(7-5-10)14(13(20)21)8-2-1-3-9-14/h4-7,12,19H,1-3,8-9H2,(H,20,21). The van der Waals surface area contributed by atoms with Crippen molar-refractivity contribution in [3.8, 4) is 0 Å². The Balaban J connectivity index is 2.31. The first-order chi connectivity index (χ1) is 9.77. The highest BCUT2D eigenvalue weighted by Gasteiger charge is 2.42. The van der Waals surface area contributed by atoms with Crippen molar-refractivity contribution in [3.63, 3.8) is 0 Å². The summed E-state index contributed by atoms with van der Waals surface area (Å²) in [7, 11) is 0. The average molecular weight is 302 g/mol. The first-order valence-corrected chi connectivity index (χ1v) is 6.86. The molecule has 0 aliphatic heterocycles. The van der Waals surface area contributed by atoms with Crippen LogP contribution >= 0.6 is 0 Å². The van der Waals surface area contributed by atoms with E-state index in [2.05, 4.69) is 0 Å². The molecule has 6 heteroatoms. The Bertz CT molecular complexity index is 502. The summed E-state index contributed by atoms with van der Waals surface area (Å²) in [5.74, 6) is -0.939. The largest absolute Gasteiger partial charge is 0.481 e. The number of aliphatic carboxylic acids is 1. The molecule has 1 aliphatic carbocycles. The first kappa shape index (κ1) is 15.8. The maximum Gasteiger partial charge on any atom is 0.418 e. The second-order valence-corrected chi connectivity index (χ2v) is 5.51. The minimum Gasteiger partial charge on any atom is -0.481 e. The van der Waals surface area contributed by atoms with Gasteiger partial charge < -0.3 is 10.2 Å². The van der Waals surface area contributed by atoms with Crippen LogP contribution in [0.15, 0.2) is 24.3 Å². The van der Waals surface area contributed by atoms with Crippen molar-refractivity contribution in [1.29, 1.82) is 0 Å². The molecule has 0 aromatic heterocycles. The highest BCUT2D eigenvalue weighted by molar-refractivity contribution is 5.81. The van der Waals surface area contributed by atoms with Crippen LogP contribution in [0.3, 0.4) is 0 Å². The quantitative estimate of drug-likeness (QED) is 0.897. The first-order valence-electron chi connectivity index (χ1n) is 6.86. The lowest BCUT2D eigenvalue weighted by molar-refractivity contribution is -0.206. The molecule has 1 aromatic carbocycles. The number of hydrogen-bond donors (Lipinski definition) is 2. The number of benzene rings is 1. The lowest BCUT2D eigenvalue weighted by atomic mass is 9.69. The van der Waals surface area contributed by atoms with E-state index in [0.29, 0.717) is 18.4 Å². The summed E-state index contributed by atoms with van der Waals surface area (Å²) in [6, 6.07) is 5.10. The molecule has 3 nitrogen and oxygen atoms in total. The van der Waals surface area contributed by atoms with Gasteiger partial charge in [-0.05, 0) is 24.0 Å². The third-order valence-corrected chi connectivity index (χ3v) is 4.21. The Morgan fingerprint density at radius 3 is 2.05 bits per heavy atom. The van der Waals surface area contributed by atoms with E-state index in [1.807, 2.05) is 0 Å². The van der Waals surface area contributed by atoms with Gasteiger partial charge in [-0.25, -0.2) is 0 Å². The van der Waals surface area contributed by atoms with E-state index in [0.717, 1.165) is 31.4 Å². The number of hydrogen-bond acceptors (Lipinski definition) is 2. The van der Waals surface area contributed by atoms with Gasteiger partial charge in [-0.3, -0.25) is 4.79 Å². The molecule has 1 saturated carbocycles. The summed E-state index contributed by atoms with van der Waals surface area (Å²) in [4.78, 5) is 11.6. The lowest BCUT2D eigenvalue weighted by Gasteiger charge is -2.33. The zero-order valence-electron chi connectivity index (χ0n) is 11.4. The van der Waals surface area contributed by atoms with Crippen LogP contribution in [0.2, 0.25) is 0 Å². The lowest BCUT2D eigenvalue weighted by Crippen LogP contribution is -2.37. The summed E-state index contributed by atoms with van der Waals surface area (Å²) in [6.07, 6.45) is -3.74. The molecule has 1 aliphatic rings. The molecule has 0 saturated heterocycles. The van der Waals surface area contributed by atoms with Crippen molar-refractivity contribution in [2.24, 2.45) is 0 Å². The van der Waals surface area contributed by atoms with Crippen molar-refractivity contribution in [2.75, 3.05) is 0 Å². The number of carboxylic acids is 1. The average Bonchev–Trinajstić information content (AvgIpc) is 2.46. The van der Waals surface area contributed by atoms with Crippen LogP contribution in [0.1, 0.15) is 49.3 Å². The van der Waals surface area contributed by atoms with Crippen LogP contribution in [0, 0.1) is 0 Å². The van der Waals surface area contributed by atoms with Gasteiger partial charge in [0.05, 0.1) is 5.41 Å². The van der Waals surface area contributed by atoms with Gasteiger partial charge in [0.25, 0.3) is 0 Å². The minimum atomic E-state index is -4.73. The third kappa shape index (κ3) is 3.05. The molecule has 0 bridgehead atoms. The van der Waals surface area contributed by atoms with Gasteiger partial charge in [0.15, 0.2) is 6.10 Å². The monoisotopic (exact) mass is 302 g/mol. The number of halogens is 3. The molecule has 0 radical (unpaired) electrons. The highest BCUT2D eigenvalue weighted by Crippen LogP contribution is 2.40. The predicted octanol–water partition coefficient (Wildman–Crippen LogP) is 3.57. The number of alkyl halides is 3. The predicted molar refractivity (Wildman–Crippen MR) is 69.9 cm³/mol. The van der Waals surface area contributed by atoms with E-state index in [9.17, 15) is 28.2 Å². The smallest absolute Gasteiger partial charge is 0.418 e. The Labute approximate surface area is 120 Å². The second-order valence-electron chi connectivity index (χ2n) is 5.51. The molecule has 0 spiro atoms. The highest BCUT2D eigenvalue weighted by atomic mass is 19.4. The molecule has 1 atom stereocenters. The summed E-state index contributed by atoms with van der Waals surface area (Å²) in [6.45, 7) is 0. The van der Waals surface area contributed by atoms with Crippen LogP contribution in [0.5, 0.6) is 0 Å². The van der Waals surface area contributed by atoms with Gasteiger partial charge in [-0.15, -0.1) is 0 Å². The van der Waals surface area contributed by atoms with Crippen molar-refractivity contribution in [3.05, 3.63) is 35.4 Å². The zero-order valence-corrected chi connectivity index (χ0v) is 11.4. The number of rotatable bonds is 3. The fourth-order valence-electron chi connectivity index (χ4n) is 2.95. The molecule has 1 aromatic rings. The third-order valence-electron chi connectivity index (χ3n) is 4.21. The molecule has 0 amide bonds. The van der Waals surface area contributed by atoms with Crippen LogP contribution in [-0.2, 0) is 10.2 Å². The van der Waals surface area contributed by atoms with Crippen molar-refractivity contribution in [1.82, 2.24) is 0 Å². The maximum atomic E-state index is 12.4. The molecule has 0 heterocycles. The van der Waals surface area contributed by atoms with Crippen molar-refractivity contribution >= 4 is 5.97 Å². The summed E-state index contributed by atoms with van der Waals surface area (Å²) in [5.41, 5.74) is -0.782. The van der Waals surface area contributed by atoms with Gasteiger partial charge >= 0.3 is 12.1 Å². The number of carboxylic acid groups (broad SMARTS) is 1. The second kappa shape index (κ2) is 5.67. The molecular weight excluding hydrogens is 285 g/mol. The van der Waals surface area contributed by atoms with Gasteiger partial charge in [-0.1, -0.05) is 43.5 Å². The van der Waals surface area contributed by atoms with Gasteiger partial charge in [0.1, 0.15) is 0 Å². The van der Waals surface area contributed by atoms with Gasteiger partial charge in [0.2, 0.25) is 0 Å². The van der Waals surface area contributed by atoms with E-state index in [1.165, 1.54) is 12.1 Å². The Hall–Kier alpha value is -1.56. The summed E-state index contributed by atoms with van der Waals surface area (Å²) in [5, 5.41) is 18.7. The molecule has 2 N–H and O–H groups in total. The molecule has 21 heavy (non-hydrogen) atoms. The van der Waals surface area contributed by atoms with Crippen molar-refractivity contribution in [2.45, 2.75) is 49.8 Å².